The van der Waals surface area contributed by atoms with Crippen LogP contribution in [0.1, 0.15) is 12.0 Å². The molecule has 0 saturated carbocycles. The molecule has 0 atom stereocenters. The van der Waals surface area contributed by atoms with E-state index in [1.165, 1.54) is 14.2 Å². The zero-order valence-corrected chi connectivity index (χ0v) is 9.05. The van der Waals surface area contributed by atoms with E-state index < -0.39 is 5.82 Å². The third-order valence-corrected chi connectivity index (χ3v) is 2.18. The zero-order chi connectivity index (χ0) is 11.3. The van der Waals surface area contributed by atoms with Crippen LogP contribution in [0.25, 0.3) is 0 Å². The molecule has 1 aromatic carbocycles. The Labute approximate surface area is 89.0 Å². The van der Waals surface area contributed by atoms with Crippen molar-refractivity contribution in [2.45, 2.75) is 12.8 Å². The third-order valence-electron chi connectivity index (χ3n) is 2.18. The molecule has 0 aliphatic heterocycles. The maximum Gasteiger partial charge on any atom is 0.206 e. The molecule has 0 amide bonds. The summed E-state index contributed by atoms with van der Waals surface area (Å²) in [6, 6.07) is 3.35. The second-order valence-electron chi connectivity index (χ2n) is 3.21. The van der Waals surface area contributed by atoms with Crippen molar-refractivity contribution < 1.29 is 13.9 Å². The SMILES string of the molecule is COc1cc(CCCN)cc(OC)c1F. The summed E-state index contributed by atoms with van der Waals surface area (Å²) in [4.78, 5) is 0. The van der Waals surface area contributed by atoms with Crippen molar-refractivity contribution in [1.82, 2.24) is 0 Å². The Balaban J connectivity index is 2.98. The molecule has 0 radical (unpaired) electrons. The molecule has 15 heavy (non-hydrogen) atoms. The number of aryl methyl sites for hydroxylation is 1. The van der Waals surface area contributed by atoms with Gasteiger partial charge in [0.2, 0.25) is 5.82 Å². The van der Waals surface area contributed by atoms with E-state index in [9.17, 15) is 4.39 Å². The second kappa shape index (κ2) is 5.56. The molecule has 2 N–H and O–H groups in total. The first-order valence-corrected chi connectivity index (χ1v) is 4.83. The van der Waals surface area contributed by atoms with Crippen molar-refractivity contribution in [3.8, 4) is 11.5 Å². The van der Waals surface area contributed by atoms with Gasteiger partial charge in [-0.2, -0.15) is 4.39 Å². The number of nitrogens with two attached hydrogens (primary N) is 1. The summed E-state index contributed by atoms with van der Waals surface area (Å²) in [5.74, 6) is -0.0424. The lowest BCUT2D eigenvalue weighted by molar-refractivity contribution is 0.349. The van der Waals surface area contributed by atoms with Crippen molar-refractivity contribution in [2.24, 2.45) is 5.73 Å². The van der Waals surface area contributed by atoms with Gasteiger partial charge in [0.05, 0.1) is 14.2 Å². The molecule has 0 unspecified atom stereocenters. The number of hydrogen-bond donors (Lipinski definition) is 1. The van der Waals surface area contributed by atoms with E-state index in [0.29, 0.717) is 6.54 Å². The van der Waals surface area contributed by atoms with Crippen LogP contribution in [-0.2, 0) is 6.42 Å². The number of ether oxygens (including phenoxy) is 2. The molecule has 0 spiro atoms. The van der Waals surface area contributed by atoms with Gasteiger partial charge in [0.1, 0.15) is 0 Å². The maximum atomic E-state index is 13.5. The van der Waals surface area contributed by atoms with Crippen molar-refractivity contribution in [1.29, 1.82) is 0 Å². The summed E-state index contributed by atoms with van der Waals surface area (Å²) in [5.41, 5.74) is 6.38. The Kier molecular flexibility index (Phi) is 4.37. The summed E-state index contributed by atoms with van der Waals surface area (Å²) in [6.07, 6.45) is 1.65. The highest BCUT2D eigenvalue weighted by Gasteiger charge is 2.11. The van der Waals surface area contributed by atoms with Crippen molar-refractivity contribution in [2.75, 3.05) is 20.8 Å². The average Bonchev–Trinajstić information content (AvgIpc) is 2.27. The van der Waals surface area contributed by atoms with E-state index in [2.05, 4.69) is 0 Å². The highest BCUT2D eigenvalue weighted by Crippen LogP contribution is 2.28. The van der Waals surface area contributed by atoms with E-state index in [0.717, 1.165) is 18.4 Å². The first-order valence-electron chi connectivity index (χ1n) is 4.83. The van der Waals surface area contributed by atoms with Crippen molar-refractivity contribution in [3.63, 3.8) is 0 Å². The molecule has 0 fully saturated rings. The molecular weight excluding hydrogens is 197 g/mol. The van der Waals surface area contributed by atoms with Gasteiger partial charge in [0.15, 0.2) is 11.5 Å². The molecule has 84 valence electrons. The Morgan fingerprint density at radius 3 is 2.13 bits per heavy atom. The molecule has 3 nitrogen and oxygen atoms in total. The van der Waals surface area contributed by atoms with Crippen molar-refractivity contribution >= 4 is 0 Å². The molecule has 0 saturated heterocycles. The largest absolute Gasteiger partial charge is 0.494 e. The predicted molar refractivity (Wildman–Crippen MR) is 56.9 cm³/mol. The summed E-state index contributed by atoms with van der Waals surface area (Å²) in [7, 11) is 2.87. The van der Waals surface area contributed by atoms with Crippen LogP contribution in [0.5, 0.6) is 11.5 Å². The number of rotatable bonds is 5. The fourth-order valence-electron chi connectivity index (χ4n) is 1.37. The molecule has 0 aliphatic carbocycles. The highest BCUT2D eigenvalue weighted by atomic mass is 19.1. The summed E-state index contributed by atoms with van der Waals surface area (Å²) >= 11 is 0. The van der Waals surface area contributed by atoms with E-state index in [1.807, 2.05) is 0 Å². The standard InChI is InChI=1S/C11H16FNO2/c1-14-9-6-8(4-3-5-13)7-10(15-2)11(9)12/h6-7H,3-5,13H2,1-2H3. The number of halogens is 1. The Bertz CT molecular complexity index is 303. The fraction of sp³-hybridized carbons (Fsp3) is 0.455. The molecule has 4 heteroatoms. The van der Waals surface area contributed by atoms with E-state index >= 15 is 0 Å². The molecule has 0 heterocycles. The second-order valence-corrected chi connectivity index (χ2v) is 3.21. The Hall–Kier alpha value is -1.29. The fourth-order valence-corrected chi connectivity index (χ4v) is 1.37. The lowest BCUT2D eigenvalue weighted by Crippen LogP contribution is -2.01. The van der Waals surface area contributed by atoms with Gasteiger partial charge >= 0.3 is 0 Å². The normalized spacial score (nSPS) is 10.1. The van der Waals surface area contributed by atoms with Gasteiger partial charge < -0.3 is 15.2 Å². The molecule has 1 rings (SSSR count). The quantitative estimate of drug-likeness (QED) is 0.810. The number of methoxy groups -OCH3 is 2. The van der Waals surface area contributed by atoms with Crippen LogP contribution >= 0.6 is 0 Å². The number of benzene rings is 1. The average molecular weight is 213 g/mol. The van der Waals surface area contributed by atoms with Crippen LogP contribution in [0.15, 0.2) is 12.1 Å². The van der Waals surface area contributed by atoms with Crippen LogP contribution in [0.3, 0.4) is 0 Å². The minimum atomic E-state index is -0.462. The minimum absolute atomic E-state index is 0.210. The summed E-state index contributed by atoms with van der Waals surface area (Å²) in [6.45, 7) is 0.613. The monoisotopic (exact) mass is 213 g/mol. The molecule has 0 aromatic heterocycles. The Morgan fingerprint density at radius 2 is 1.73 bits per heavy atom. The van der Waals surface area contributed by atoms with Gasteiger partial charge in [0, 0.05) is 0 Å². The van der Waals surface area contributed by atoms with Crippen LogP contribution in [0, 0.1) is 5.82 Å². The van der Waals surface area contributed by atoms with Crippen LogP contribution in [-0.4, -0.2) is 20.8 Å². The van der Waals surface area contributed by atoms with Gasteiger partial charge in [-0.25, -0.2) is 0 Å². The Morgan fingerprint density at radius 1 is 1.20 bits per heavy atom. The van der Waals surface area contributed by atoms with Crippen molar-refractivity contribution in [3.05, 3.63) is 23.5 Å². The van der Waals surface area contributed by atoms with E-state index in [1.54, 1.807) is 12.1 Å². The van der Waals surface area contributed by atoms with Gasteiger partial charge in [-0.15, -0.1) is 0 Å². The lowest BCUT2D eigenvalue weighted by atomic mass is 10.1. The van der Waals surface area contributed by atoms with Crippen LogP contribution in [0.4, 0.5) is 4.39 Å². The third kappa shape index (κ3) is 2.83. The molecule has 1 aromatic rings. The highest BCUT2D eigenvalue weighted by molar-refractivity contribution is 5.40. The number of hydrogen-bond acceptors (Lipinski definition) is 3. The van der Waals surface area contributed by atoms with Gasteiger partial charge in [-0.05, 0) is 37.1 Å². The first-order chi connectivity index (χ1) is 7.22. The van der Waals surface area contributed by atoms with Crippen LogP contribution in [0.2, 0.25) is 0 Å². The van der Waals surface area contributed by atoms with E-state index in [-0.39, 0.29) is 11.5 Å². The van der Waals surface area contributed by atoms with Gasteiger partial charge in [-0.3, -0.25) is 0 Å². The predicted octanol–water partition coefficient (Wildman–Crippen LogP) is 1.73. The molecule has 0 bridgehead atoms. The lowest BCUT2D eigenvalue weighted by Gasteiger charge is -2.09. The summed E-state index contributed by atoms with van der Waals surface area (Å²) < 4.78 is 23.3. The molecule has 0 aliphatic rings. The topological polar surface area (TPSA) is 44.5 Å². The minimum Gasteiger partial charge on any atom is -0.494 e. The zero-order valence-electron chi connectivity index (χ0n) is 9.05. The van der Waals surface area contributed by atoms with Gasteiger partial charge in [0.25, 0.3) is 0 Å². The van der Waals surface area contributed by atoms with E-state index in [4.69, 9.17) is 15.2 Å². The smallest absolute Gasteiger partial charge is 0.206 e. The maximum absolute atomic E-state index is 13.5. The van der Waals surface area contributed by atoms with Gasteiger partial charge in [-0.1, -0.05) is 0 Å². The first kappa shape index (κ1) is 11.8. The van der Waals surface area contributed by atoms with Crippen LogP contribution < -0.4 is 15.2 Å². The summed E-state index contributed by atoms with van der Waals surface area (Å²) in [5, 5.41) is 0. The molecular formula is C11H16FNO2.